The Morgan fingerprint density at radius 1 is 1.08 bits per heavy atom. The lowest BCUT2D eigenvalue weighted by atomic mass is 10.0. The Kier molecular flexibility index (Phi) is 6.70. The number of aliphatic hydroxyl groups excluding tert-OH is 1. The molecule has 0 heterocycles. The van der Waals surface area contributed by atoms with Crippen molar-refractivity contribution in [1.29, 1.82) is 0 Å². The third-order valence-corrected chi connectivity index (χ3v) is 3.77. The SMILES string of the molecule is C=CCOc1cccc([C@H](O)CCc2ccc(OC)c(OC)c2)c1. The Bertz CT molecular complexity index is 666. The van der Waals surface area contributed by atoms with E-state index in [2.05, 4.69) is 6.58 Å². The average molecular weight is 328 g/mol. The number of aliphatic hydroxyl groups is 1. The highest BCUT2D eigenvalue weighted by Crippen LogP contribution is 2.29. The standard InChI is InChI=1S/C20H24O4/c1-4-12-24-17-7-5-6-16(14-17)18(21)10-8-15-9-11-19(22-2)20(13-15)23-3/h4-7,9,11,13-14,18,21H,1,8,10,12H2,2-3H3/t18-/m1/s1. The predicted octanol–water partition coefficient (Wildman–Crippen LogP) is 3.93. The van der Waals surface area contributed by atoms with Gasteiger partial charge in [0.25, 0.3) is 0 Å². The maximum absolute atomic E-state index is 10.4. The average Bonchev–Trinajstić information content (AvgIpc) is 2.64. The molecule has 0 aliphatic heterocycles. The minimum absolute atomic E-state index is 0.450. The van der Waals surface area contributed by atoms with Crippen LogP contribution < -0.4 is 14.2 Å². The molecule has 4 nitrogen and oxygen atoms in total. The summed E-state index contributed by atoms with van der Waals surface area (Å²) in [6, 6.07) is 13.3. The molecule has 0 aliphatic carbocycles. The fourth-order valence-electron chi connectivity index (χ4n) is 2.47. The van der Waals surface area contributed by atoms with Crippen molar-refractivity contribution >= 4 is 0 Å². The number of hydrogen-bond donors (Lipinski definition) is 1. The lowest BCUT2D eigenvalue weighted by Crippen LogP contribution is -2.01. The predicted molar refractivity (Wildman–Crippen MR) is 95.0 cm³/mol. The molecule has 2 aromatic carbocycles. The molecule has 1 N–H and O–H groups in total. The Balaban J connectivity index is 2.00. The zero-order valence-corrected chi connectivity index (χ0v) is 14.2. The second-order valence-corrected chi connectivity index (χ2v) is 5.42. The topological polar surface area (TPSA) is 47.9 Å². The summed E-state index contributed by atoms with van der Waals surface area (Å²) in [5, 5.41) is 10.4. The number of rotatable bonds is 9. The van der Waals surface area contributed by atoms with Crippen molar-refractivity contribution in [2.75, 3.05) is 20.8 Å². The van der Waals surface area contributed by atoms with E-state index in [0.29, 0.717) is 24.5 Å². The van der Waals surface area contributed by atoms with Gasteiger partial charge in [-0.1, -0.05) is 30.9 Å². The van der Waals surface area contributed by atoms with Crippen LogP contribution in [0.2, 0.25) is 0 Å². The van der Waals surface area contributed by atoms with Crippen molar-refractivity contribution in [2.45, 2.75) is 18.9 Å². The van der Waals surface area contributed by atoms with Crippen LogP contribution in [0.3, 0.4) is 0 Å². The Hall–Kier alpha value is -2.46. The number of aryl methyl sites for hydroxylation is 1. The van der Waals surface area contributed by atoms with E-state index in [-0.39, 0.29) is 0 Å². The van der Waals surface area contributed by atoms with Crippen molar-refractivity contribution in [3.8, 4) is 17.2 Å². The molecule has 0 aliphatic rings. The van der Waals surface area contributed by atoms with Crippen LogP contribution in [0.15, 0.2) is 55.1 Å². The van der Waals surface area contributed by atoms with Crippen LogP contribution in [0.5, 0.6) is 17.2 Å². The van der Waals surface area contributed by atoms with Gasteiger partial charge in [0.05, 0.1) is 20.3 Å². The first-order valence-corrected chi connectivity index (χ1v) is 7.90. The van der Waals surface area contributed by atoms with Crippen LogP contribution in [-0.2, 0) is 6.42 Å². The molecule has 24 heavy (non-hydrogen) atoms. The van der Waals surface area contributed by atoms with Gasteiger partial charge in [-0.25, -0.2) is 0 Å². The fourth-order valence-corrected chi connectivity index (χ4v) is 2.47. The number of hydrogen-bond acceptors (Lipinski definition) is 4. The number of benzene rings is 2. The normalized spacial score (nSPS) is 11.6. The summed E-state index contributed by atoms with van der Waals surface area (Å²) in [5.41, 5.74) is 1.93. The van der Waals surface area contributed by atoms with E-state index in [9.17, 15) is 5.11 Å². The van der Waals surface area contributed by atoms with Crippen LogP contribution in [0, 0.1) is 0 Å². The lowest BCUT2D eigenvalue weighted by molar-refractivity contribution is 0.167. The molecular weight excluding hydrogens is 304 g/mol. The van der Waals surface area contributed by atoms with E-state index >= 15 is 0 Å². The summed E-state index contributed by atoms with van der Waals surface area (Å²) in [6.07, 6.45) is 2.49. The zero-order chi connectivity index (χ0) is 17.4. The summed E-state index contributed by atoms with van der Waals surface area (Å²) in [5.74, 6) is 2.13. The minimum atomic E-state index is -0.551. The molecule has 0 aromatic heterocycles. The number of ether oxygens (including phenoxy) is 3. The van der Waals surface area contributed by atoms with Crippen molar-refractivity contribution in [2.24, 2.45) is 0 Å². The smallest absolute Gasteiger partial charge is 0.160 e. The minimum Gasteiger partial charge on any atom is -0.493 e. The molecule has 2 rings (SSSR count). The molecule has 0 spiro atoms. The van der Waals surface area contributed by atoms with Crippen LogP contribution in [0.25, 0.3) is 0 Å². The van der Waals surface area contributed by atoms with E-state index in [1.54, 1.807) is 20.3 Å². The van der Waals surface area contributed by atoms with E-state index < -0.39 is 6.10 Å². The maximum Gasteiger partial charge on any atom is 0.160 e. The Morgan fingerprint density at radius 3 is 2.58 bits per heavy atom. The molecule has 0 unspecified atom stereocenters. The fraction of sp³-hybridized carbons (Fsp3) is 0.300. The Morgan fingerprint density at radius 2 is 1.88 bits per heavy atom. The van der Waals surface area contributed by atoms with Crippen molar-refractivity contribution in [1.82, 2.24) is 0 Å². The summed E-state index contributed by atoms with van der Waals surface area (Å²) in [7, 11) is 3.23. The van der Waals surface area contributed by atoms with Crippen LogP contribution in [-0.4, -0.2) is 25.9 Å². The van der Waals surface area contributed by atoms with Gasteiger partial charge in [0.1, 0.15) is 12.4 Å². The van der Waals surface area contributed by atoms with Gasteiger partial charge in [0.15, 0.2) is 11.5 Å². The molecule has 0 fully saturated rings. The van der Waals surface area contributed by atoms with Gasteiger partial charge in [-0.15, -0.1) is 0 Å². The second-order valence-electron chi connectivity index (χ2n) is 5.42. The third-order valence-electron chi connectivity index (χ3n) is 3.77. The van der Waals surface area contributed by atoms with Gasteiger partial charge in [0, 0.05) is 0 Å². The third kappa shape index (κ3) is 4.77. The van der Waals surface area contributed by atoms with Gasteiger partial charge in [-0.05, 0) is 48.2 Å². The Labute approximate surface area is 143 Å². The molecular formula is C20H24O4. The largest absolute Gasteiger partial charge is 0.493 e. The zero-order valence-electron chi connectivity index (χ0n) is 14.2. The maximum atomic E-state index is 10.4. The monoisotopic (exact) mass is 328 g/mol. The highest BCUT2D eigenvalue weighted by molar-refractivity contribution is 5.43. The van der Waals surface area contributed by atoms with Gasteiger partial charge >= 0.3 is 0 Å². The molecule has 0 amide bonds. The quantitative estimate of drug-likeness (QED) is 0.709. The van der Waals surface area contributed by atoms with E-state index in [1.165, 1.54) is 0 Å². The van der Waals surface area contributed by atoms with Gasteiger partial charge in [0.2, 0.25) is 0 Å². The second kappa shape index (κ2) is 8.99. The summed E-state index contributed by atoms with van der Waals surface area (Å²) < 4.78 is 16.1. The molecule has 0 saturated carbocycles. The summed E-state index contributed by atoms with van der Waals surface area (Å²) >= 11 is 0. The van der Waals surface area contributed by atoms with Gasteiger partial charge < -0.3 is 19.3 Å². The highest BCUT2D eigenvalue weighted by atomic mass is 16.5. The van der Waals surface area contributed by atoms with Gasteiger partial charge in [-0.2, -0.15) is 0 Å². The van der Waals surface area contributed by atoms with Crippen LogP contribution in [0.1, 0.15) is 23.7 Å². The van der Waals surface area contributed by atoms with E-state index in [4.69, 9.17) is 14.2 Å². The van der Waals surface area contributed by atoms with Crippen molar-refractivity contribution < 1.29 is 19.3 Å². The highest BCUT2D eigenvalue weighted by Gasteiger charge is 2.10. The van der Waals surface area contributed by atoms with E-state index in [1.807, 2.05) is 42.5 Å². The molecule has 4 heteroatoms. The first-order chi connectivity index (χ1) is 11.7. The lowest BCUT2D eigenvalue weighted by Gasteiger charge is -2.14. The van der Waals surface area contributed by atoms with Crippen molar-refractivity contribution in [3.63, 3.8) is 0 Å². The first kappa shape index (κ1) is 17.9. The summed E-state index contributed by atoms with van der Waals surface area (Å²) in [6.45, 7) is 4.08. The molecule has 128 valence electrons. The first-order valence-electron chi connectivity index (χ1n) is 7.90. The number of methoxy groups -OCH3 is 2. The molecule has 0 radical (unpaired) electrons. The van der Waals surface area contributed by atoms with Crippen molar-refractivity contribution in [3.05, 3.63) is 66.2 Å². The van der Waals surface area contributed by atoms with Gasteiger partial charge in [-0.3, -0.25) is 0 Å². The molecule has 2 aromatic rings. The summed E-state index contributed by atoms with van der Waals surface area (Å²) in [4.78, 5) is 0. The van der Waals surface area contributed by atoms with Crippen LogP contribution >= 0.6 is 0 Å². The van der Waals surface area contributed by atoms with Crippen LogP contribution in [0.4, 0.5) is 0 Å². The molecule has 1 atom stereocenters. The molecule has 0 saturated heterocycles. The molecule has 0 bridgehead atoms. The van der Waals surface area contributed by atoms with E-state index in [0.717, 1.165) is 23.3 Å².